The van der Waals surface area contributed by atoms with Gasteiger partial charge in [0.2, 0.25) is 0 Å². The van der Waals surface area contributed by atoms with Crippen molar-refractivity contribution in [3.05, 3.63) is 77.9 Å². The maximum Gasteiger partial charge on any atom is 0.416 e. The van der Waals surface area contributed by atoms with Crippen LogP contribution >= 0.6 is 0 Å². The predicted molar refractivity (Wildman–Crippen MR) is 100 cm³/mol. The van der Waals surface area contributed by atoms with Crippen LogP contribution in [0.1, 0.15) is 23.7 Å². The topological polar surface area (TPSA) is 29.9 Å². The molecule has 0 aliphatic rings. The first kappa shape index (κ1) is 19.2. The smallest absolute Gasteiger partial charge is 0.337 e. The Bertz CT molecular complexity index is 850. The third-order valence-electron chi connectivity index (χ3n) is 4.44. The number of aryl methyl sites for hydroxylation is 1. The van der Waals surface area contributed by atoms with Crippen LogP contribution in [0.4, 0.5) is 13.2 Å². The monoisotopic (exact) mass is 373 g/mol. The quantitative estimate of drug-likeness (QED) is 0.596. The predicted octanol–water partition coefficient (Wildman–Crippen LogP) is 4.92. The molecule has 142 valence electrons. The van der Waals surface area contributed by atoms with Crippen LogP contribution in [0.25, 0.3) is 11.1 Å². The fourth-order valence-corrected chi connectivity index (χ4v) is 2.82. The van der Waals surface area contributed by atoms with Gasteiger partial charge >= 0.3 is 6.18 Å². The summed E-state index contributed by atoms with van der Waals surface area (Å²) in [5.41, 5.74) is 3.24. The highest BCUT2D eigenvalue weighted by Crippen LogP contribution is 2.31. The minimum absolute atomic E-state index is 0.629. The molecule has 0 aliphatic heterocycles. The minimum atomic E-state index is -4.30. The lowest BCUT2D eigenvalue weighted by molar-refractivity contribution is -0.137. The van der Waals surface area contributed by atoms with Crippen molar-refractivity contribution in [1.29, 1.82) is 0 Å². The lowest BCUT2D eigenvalue weighted by Crippen LogP contribution is -2.16. The van der Waals surface area contributed by atoms with Gasteiger partial charge in [0.15, 0.2) is 0 Å². The van der Waals surface area contributed by atoms with Gasteiger partial charge in [0.05, 0.1) is 17.6 Å². The summed E-state index contributed by atoms with van der Waals surface area (Å²) in [6.07, 6.45) is 0.467. The van der Waals surface area contributed by atoms with Crippen LogP contribution in [0.15, 0.2) is 61.1 Å². The Morgan fingerprint density at radius 3 is 2.15 bits per heavy atom. The van der Waals surface area contributed by atoms with Gasteiger partial charge in [-0.25, -0.2) is 4.98 Å². The van der Waals surface area contributed by atoms with Crippen molar-refractivity contribution in [3.63, 3.8) is 0 Å². The molecule has 0 saturated carbocycles. The number of aromatic nitrogens is 2. The normalized spacial score (nSPS) is 11.7. The average molecular weight is 373 g/mol. The highest BCUT2D eigenvalue weighted by molar-refractivity contribution is 5.64. The molecule has 0 saturated heterocycles. The van der Waals surface area contributed by atoms with Gasteiger partial charge in [-0.15, -0.1) is 0 Å². The van der Waals surface area contributed by atoms with Crippen LogP contribution < -0.4 is 5.32 Å². The average Bonchev–Trinajstić information content (AvgIpc) is 3.13. The Morgan fingerprint density at radius 1 is 0.963 bits per heavy atom. The zero-order valence-electron chi connectivity index (χ0n) is 15.1. The number of nitrogens with zero attached hydrogens (tertiary/aromatic N) is 2. The Kier molecular flexibility index (Phi) is 5.96. The van der Waals surface area contributed by atoms with Crippen molar-refractivity contribution in [2.45, 2.75) is 32.6 Å². The number of hydrogen-bond donors (Lipinski definition) is 1. The highest BCUT2D eigenvalue weighted by atomic mass is 19.4. The second-order valence-corrected chi connectivity index (χ2v) is 6.39. The molecule has 3 nitrogen and oxygen atoms in total. The highest BCUT2D eigenvalue weighted by Gasteiger charge is 2.29. The van der Waals surface area contributed by atoms with Crippen molar-refractivity contribution in [2.75, 3.05) is 6.54 Å². The number of hydrogen-bond acceptors (Lipinski definition) is 2. The van der Waals surface area contributed by atoms with Crippen molar-refractivity contribution in [3.8, 4) is 11.1 Å². The fourth-order valence-electron chi connectivity index (χ4n) is 2.82. The first-order chi connectivity index (χ1) is 13.0. The van der Waals surface area contributed by atoms with Crippen LogP contribution in [0, 0.1) is 0 Å². The summed E-state index contributed by atoms with van der Waals surface area (Å²) >= 11 is 0. The molecule has 6 heteroatoms. The summed E-state index contributed by atoms with van der Waals surface area (Å²) in [5, 5.41) is 3.39. The molecule has 3 aromatic rings. The number of imidazole rings is 1. The van der Waals surface area contributed by atoms with Gasteiger partial charge in [0.1, 0.15) is 0 Å². The Balaban J connectivity index is 1.51. The number of halogens is 3. The van der Waals surface area contributed by atoms with Crippen LogP contribution in [-0.4, -0.2) is 16.1 Å². The van der Waals surface area contributed by atoms with E-state index < -0.39 is 11.7 Å². The summed E-state index contributed by atoms with van der Waals surface area (Å²) in [6.45, 7) is 4.58. The van der Waals surface area contributed by atoms with Gasteiger partial charge in [0, 0.05) is 32.3 Å². The van der Waals surface area contributed by atoms with Crippen LogP contribution in [0.5, 0.6) is 0 Å². The molecular weight excluding hydrogens is 351 g/mol. The van der Waals surface area contributed by atoms with Gasteiger partial charge < -0.3 is 9.88 Å². The molecule has 0 amide bonds. The van der Waals surface area contributed by atoms with Crippen LogP contribution in [0.3, 0.4) is 0 Å². The molecule has 0 radical (unpaired) electrons. The Hall–Kier alpha value is -2.60. The number of nitrogens with one attached hydrogen (secondary N) is 1. The van der Waals surface area contributed by atoms with Crippen molar-refractivity contribution < 1.29 is 13.2 Å². The minimum Gasteiger partial charge on any atom is -0.337 e. The summed E-state index contributed by atoms with van der Waals surface area (Å²) in [4.78, 5) is 4.35. The van der Waals surface area contributed by atoms with E-state index in [9.17, 15) is 13.2 Å². The van der Waals surface area contributed by atoms with Gasteiger partial charge in [-0.05, 0) is 35.7 Å². The van der Waals surface area contributed by atoms with Gasteiger partial charge in [-0.3, -0.25) is 0 Å². The Labute approximate surface area is 156 Å². The molecule has 1 aromatic heterocycles. The second-order valence-electron chi connectivity index (χ2n) is 6.39. The van der Waals surface area contributed by atoms with E-state index in [4.69, 9.17) is 0 Å². The molecule has 0 spiro atoms. The van der Waals surface area contributed by atoms with Crippen LogP contribution in [0.2, 0.25) is 0 Å². The van der Waals surface area contributed by atoms with E-state index in [1.807, 2.05) is 30.6 Å². The third kappa shape index (κ3) is 5.20. The van der Waals surface area contributed by atoms with E-state index in [2.05, 4.69) is 28.0 Å². The van der Waals surface area contributed by atoms with E-state index in [0.717, 1.165) is 60.6 Å². The van der Waals surface area contributed by atoms with E-state index in [1.165, 1.54) is 12.1 Å². The third-order valence-corrected chi connectivity index (χ3v) is 4.44. The van der Waals surface area contributed by atoms with Gasteiger partial charge in [0.25, 0.3) is 0 Å². The van der Waals surface area contributed by atoms with E-state index in [0.29, 0.717) is 0 Å². The molecule has 0 aliphatic carbocycles. The largest absolute Gasteiger partial charge is 0.416 e. The first-order valence-corrected chi connectivity index (χ1v) is 8.93. The molecule has 0 fully saturated rings. The zero-order valence-corrected chi connectivity index (χ0v) is 15.1. The SMILES string of the molecule is CCn1cnc(CCNCc2ccc(-c3ccc(C(F)(F)F)cc3)cc2)c1. The maximum atomic E-state index is 12.6. The summed E-state index contributed by atoms with van der Waals surface area (Å²) in [5.74, 6) is 0. The molecule has 0 bridgehead atoms. The number of rotatable bonds is 7. The van der Waals surface area contributed by atoms with Crippen molar-refractivity contribution >= 4 is 0 Å². The summed E-state index contributed by atoms with van der Waals surface area (Å²) < 4.78 is 40.0. The van der Waals surface area contributed by atoms with Crippen molar-refractivity contribution in [2.24, 2.45) is 0 Å². The maximum absolute atomic E-state index is 12.6. The van der Waals surface area contributed by atoms with E-state index >= 15 is 0 Å². The number of benzene rings is 2. The fraction of sp³-hybridized carbons (Fsp3) is 0.286. The lowest BCUT2D eigenvalue weighted by atomic mass is 10.0. The first-order valence-electron chi connectivity index (χ1n) is 8.93. The molecule has 0 atom stereocenters. The van der Waals surface area contributed by atoms with E-state index in [1.54, 1.807) is 0 Å². The Morgan fingerprint density at radius 2 is 1.59 bits per heavy atom. The summed E-state index contributed by atoms with van der Waals surface area (Å²) in [7, 11) is 0. The van der Waals surface area contributed by atoms with Crippen LogP contribution in [-0.2, 0) is 25.7 Å². The second kappa shape index (κ2) is 8.39. The molecule has 1 heterocycles. The van der Waals surface area contributed by atoms with Gasteiger partial charge in [-0.1, -0.05) is 36.4 Å². The molecule has 1 N–H and O–H groups in total. The van der Waals surface area contributed by atoms with E-state index in [-0.39, 0.29) is 0 Å². The lowest BCUT2D eigenvalue weighted by Gasteiger charge is -2.09. The zero-order chi connectivity index (χ0) is 19.3. The molecule has 27 heavy (non-hydrogen) atoms. The summed E-state index contributed by atoms with van der Waals surface area (Å²) in [6, 6.07) is 13.1. The molecule has 2 aromatic carbocycles. The molecular formula is C21H22F3N3. The molecule has 3 rings (SSSR count). The standard InChI is InChI=1S/C21H22F3N3/c1-2-27-14-20(26-15-27)11-12-25-13-16-3-5-17(6-4-16)18-7-9-19(10-8-18)21(22,23)24/h3-10,14-15,25H,2,11-13H2,1H3. The molecule has 0 unspecified atom stereocenters. The number of alkyl halides is 3. The van der Waals surface area contributed by atoms with Crippen molar-refractivity contribution in [1.82, 2.24) is 14.9 Å². The van der Waals surface area contributed by atoms with Gasteiger partial charge in [-0.2, -0.15) is 13.2 Å².